The van der Waals surface area contributed by atoms with E-state index in [1.54, 1.807) is 0 Å². The zero-order valence-electron chi connectivity index (χ0n) is 32.6. The van der Waals surface area contributed by atoms with E-state index in [1.165, 1.54) is 76.7 Å². The van der Waals surface area contributed by atoms with Gasteiger partial charge in [-0.25, -0.2) is 4.98 Å². The molecule has 0 N–H and O–H groups in total. The highest BCUT2D eigenvalue weighted by Gasteiger charge is 2.36. The fraction of sp³-hybridized carbons (Fsp3) is 0.0545. The molecule has 13 rings (SSSR count). The second kappa shape index (κ2) is 11.7. The maximum absolute atomic E-state index is 5.53. The number of aromatic nitrogens is 4. The summed E-state index contributed by atoms with van der Waals surface area (Å²) in [6, 6.07) is 64.2. The minimum atomic E-state index is -0.148. The van der Waals surface area contributed by atoms with Gasteiger partial charge >= 0.3 is 0 Å². The summed E-state index contributed by atoms with van der Waals surface area (Å²) in [5, 5.41) is 9.51. The third-order valence-corrected chi connectivity index (χ3v) is 13.1. The average molecular weight is 753 g/mol. The topological polar surface area (TPSA) is 35.6 Å². The van der Waals surface area contributed by atoms with Crippen molar-refractivity contribution in [2.45, 2.75) is 19.3 Å². The third kappa shape index (κ3) is 4.43. The van der Waals surface area contributed by atoms with Gasteiger partial charge in [0.1, 0.15) is 0 Å². The van der Waals surface area contributed by atoms with E-state index in [0.717, 1.165) is 44.3 Å². The van der Waals surface area contributed by atoms with Crippen LogP contribution < -0.4 is 0 Å². The molecule has 9 aromatic carbocycles. The Labute approximate surface area is 340 Å². The van der Waals surface area contributed by atoms with Crippen LogP contribution in [0.1, 0.15) is 25.0 Å². The van der Waals surface area contributed by atoms with Crippen molar-refractivity contribution in [1.82, 2.24) is 19.1 Å². The number of para-hydroxylation sites is 2. The predicted octanol–water partition coefficient (Wildman–Crippen LogP) is 14.1. The normalized spacial score (nSPS) is 13.4. The molecule has 0 atom stereocenters. The molecular formula is C55H36N4. The Bertz CT molecular complexity index is 3720. The first-order valence-corrected chi connectivity index (χ1v) is 20.4. The minimum absolute atomic E-state index is 0.148. The number of hydrogen-bond acceptors (Lipinski definition) is 2. The van der Waals surface area contributed by atoms with E-state index in [0.29, 0.717) is 0 Å². The molecule has 59 heavy (non-hydrogen) atoms. The molecule has 0 radical (unpaired) electrons. The zero-order chi connectivity index (χ0) is 39.0. The third-order valence-electron chi connectivity index (χ3n) is 13.1. The monoisotopic (exact) mass is 752 g/mol. The van der Waals surface area contributed by atoms with Gasteiger partial charge in [0.05, 0.1) is 39.3 Å². The van der Waals surface area contributed by atoms with Crippen LogP contribution in [0.15, 0.2) is 182 Å². The van der Waals surface area contributed by atoms with Crippen LogP contribution in [0.25, 0.3) is 110 Å². The Kier molecular flexibility index (Phi) is 6.48. The SMILES string of the molecule is CC1(C)c2ccccc2-c2cc3c4cc(-c5ccc6c(c5)c5ccccc5n6-c5ccccc5)ccc4n(-c4cnc5c6ccccc6c6ccccc6c5n4)c3cc21. The van der Waals surface area contributed by atoms with Gasteiger partial charge in [-0.2, -0.15) is 0 Å². The maximum atomic E-state index is 5.53. The molecular weight excluding hydrogens is 717 g/mol. The van der Waals surface area contributed by atoms with Gasteiger partial charge in [0.15, 0.2) is 5.82 Å². The molecule has 0 bridgehead atoms. The first-order chi connectivity index (χ1) is 29.0. The van der Waals surface area contributed by atoms with Crippen LogP contribution in [-0.4, -0.2) is 19.1 Å². The molecule has 0 unspecified atom stereocenters. The van der Waals surface area contributed by atoms with Gasteiger partial charge in [-0.3, -0.25) is 9.55 Å². The average Bonchev–Trinajstić information content (AvgIpc) is 3.88. The summed E-state index contributed by atoms with van der Waals surface area (Å²) in [7, 11) is 0. The number of hydrogen-bond donors (Lipinski definition) is 0. The molecule has 1 aliphatic carbocycles. The molecule has 0 saturated carbocycles. The molecule has 0 aliphatic heterocycles. The van der Waals surface area contributed by atoms with E-state index in [1.807, 2.05) is 6.20 Å². The van der Waals surface area contributed by atoms with Crippen molar-refractivity contribution in [3.8, 4) is 33.8 Å². The number of nitrogens with zero attached hydrogens (tertiary/aromatic N) is 4. The lowest BCUT2D eigenvalue weighted by molar-refractivity contribution is 0.661. The van der Waals surface area contributed by atoms with Gasteiger partial charge in [0.25, 0.3) is 0 Å². The smallest absolute Gasteiger partial charge is 0.156 e. The van der Waals surface area contributed by atoms with Crippen molar-refractivity contribution in [3.63, 3.8) is 0 Å². The Morgan fingerprint density at radius 3 is 1.69 bits per heavy atom. The zero-order valence-corrected chi connectivity index (χ0v) is 32.6. The second-order valence-electron chi connectivity index (χ2n) is 16.6. The van der Waals surface area contributed by atoms with Crippen LogP contribution in [0.5, 0.6) is 0 Å². The second-order valence-corrected chi connectivity index (χ2v) is 16.6. The maximum Gasteiger partial charge on any atom is 0.156 e. The van der Waals surface area contributed by atoms with Crippen LogP contribution in [0.4, 0.5) is 0 Å². The molecule has 0 amide bonds. The van der Waals surface area contributed by atoms with Crippen LogP contribution in [0.2, 0.25) is 0 Å². The van der Waals surface area contributed by atoms with Gasteiger partial charge < -0.3 is 4.57 Å². The molecule has 3 heterocycles. The first-order valence-electron chi connectivity index (χ1n) is 20.4. The van der Waals surface area contributed by atoms with Crippen LogP contribution in [0, 0.1) is 0 Å². The summed E-state index contributed by atoms with van der Waals surface area (Å²) in [6.07, 6.45) is 1.97. The largest absolute Gasteiger partial charge is 0.309 e. The van der Waals surface area contributed by atoms with Crippen LogP contribution in [-0.2, 0) is 5.41 Å². The van der Waals surface area contributed by atoms with Gasteiger partial charge in [-0.05, 0) is 98.8 Å². The first kappa shape index (κ1) is 32.5. The summed E-state index contributed by atoms with van der Waals surface area (Å²) >= 11 is 0. The quantitative estimate of drug-likeness (QED) is 0.169. The van der Waals surface area contributed by atoms with Crippen molar-refractivity contribution in [1.29, 1.82) is 0 Å². The number of fused-ring (bicyclic) bond motifs is 15. The molecule has 276 valence electrons. The Hall–Kier alpha value is -7.56. The number of benzene rings is 9. The summed E-state index contributed by atoms with van der Waals surface area (Å²) < 4.78 is 4.72. The highest BCUT2D eigenvalue weighted by atomic mass is 15.1. The lowest BCUT2D eigenvalue weighted by Crippen LogP contribution is -2.15. The van der Waals surface area contributed by atoms with E-state index < -0.39 is 0 Å². The molecule has 0 spiro atoms. The van der Waals surface area contributed by atoms with Crippen molar-refractivity contribution < 1.29 is 0 Å². The molecule has 0 saturated heterocycles. The van der Waals surface area contributed by atoms with E-state index in [4.69, 9.17) is 9.97 Å². The van der Waals surface area contributed by atoms with Crippen LogP contribution in [0.3, 0.4) is 0 Å². The predicted molar refractivity (Wildman–Crippen MR) is 246 cm³/mol. The van der Waals surface area contributed by atoms with E-state index in [2.05, 4.69) is 199 Å². The fourth-order valence-corrected chi connectivity index (χ4v) is 10.4. The summed E-state index contributed by atoms with van der Waals surface area (Å²) in [4.78, 5) is 10.8. The Morgan fingerprint density at radius 1 is 0.390 bits per heavy atom. The van der Waals surface area contributed by atoms with Gasteiger partial charge in [-0.15, -0.1) is 0 Å². The number of rotatable bonds is 3. The minimum Gasteiger partial charge on any atom is -0.309 e. The fourth-order valence-electron chi connectivity index (χ4n) is 10.4. The standard InChI is InChI=1S/C55H36N4/c1-55(2)46-22-12-10-18-38(46)42-30-45-44-29-34(33-24-26-49-43(28-33)39-19-11-13-23-48(39)58(49)35-14-4-3-5-15-35)25-27-50(44)59(51(45)31-47(42)55)52-32-56-53-40-20-8-6-16-36(40)37-17-7-9-21-41(37)54(53)57-52/h3-32H,1-2H3. The van der Waals surface area contributed by atoms with Crippen molar-refractivity contribution in [2.24, 2.45) is 0 Å². The summed E-state index contributed by atoms with van der Waals surface area (Å²) in [6.45, 7) is 4.71. The van der Waals surface area contributed by atoms with Crippen molar-refractivity contribution in [2.75, 3.05) is 0 Å². The Morgan fingerprint density at radius 2 is 0.949 bits per heavy atom. The highest BCUT2D eigenvalue weighted by molar-refractivity contribution is 6.23. The lowest BCUT2D eigenvalue weighted by atomic mass is 9.82. The van der Waals surface area contributed by atoms with Crippen molar-refractivity contribution >= 4 is 76.2 Å². The van der Waals surface area contributed by atoms with Gasteiger partial charge in [0.2, 0.25) is 0 Å². The molecule has 3 aromatic heterocycles. The van der Waals surface area contributed by atoms with Gasteiger partial charge in [0, 0.05) is 43.4 Å². The van der Waals surface area contributed by atoms with E-state index in [-0.39, 0.29) is 5.41 Å². The molecule has 4 heteroatoms. The lowest BCUT2D eigenvalue weighted by Gasteiger charge is -2.21. The molecule has 1 aliphatic rings. The molecule has 12 aromatic rings. The van der Waals surface area contributed by atoms with Crippen LogP contribution >= 0.6 is 0 Å². The van der Waals surface area contributed by atoms with Crippen molar-refractivity contribution in [3.05, 3.63) is 193 Å². The Balaban J connectivity index is 1.08. The molecule has 0 fully saturated rings. The summed E-state index contributed by atoms with van der Waals surface area (Å²) in [5.74, 6) is 0.814. The van der Waals surface area contributed by atoms with Gasteiger partial charge in [-0.1, -0.05) is 135 Å². The molecule has 4 nitrogen and oxygen atoms in total. The highest BCUT2D eigenvalue weighted by Crippen LogP contribution is 2.51. The van der Waals surface area contributed by atoms with E-state index >= 15 is 0 Å². The summed E-state index contributed by atoms with van der Waals surface area (Å²) in [5.41, 5.74) is 15.2. The van der Waals surface area contributed by atoms with E-state index in [9.17, 15) is 0 Å².